The van der Waals surface area contributed by atoms with Crippen LogP contribution in [-0.2, 0) is 4.74 Å². The molecule has 1 saturated heterocycles. The molecule has 0 spiro atoms. The normalized spacial score (nSPS) is 16.3. The van der Waals surface area contributed by atoms with Crippen molar-refractivity contribution in [1.82, 2.24) is 24.5 Å². The number of imidazole rings is 1. The van der Waals surface area contributed by atoms with Crippen molar-refractivity contribution in [3.8, 4) is 11.3 Å². The van der Waals surface area contributed by atoms with E-state index in [0.717, 1.165) is 53.8 Å². The minimum Gasteiger partial charge on any atom is -0.358 e. The van der Waals surface area contributed by atoms with Crippen molar-refractivity contribution in [2.75, 3.05) is 11.9 Å². The van der Waals surface area contributed by atoms with Crippen molar-refractivity contribution >= 4 is 28.4 Å². The SMILES string of the molecule is [C-]#[N+]c1cnc(Nc2cc(-c3ccccn3)c3ncn(C4CCCCO4)c3c2)nc1. The Bertz CT molecular complexity index is 1210. The molecule has 1 aromatic carbocycles. The highest BCUT2D eigenvalue weighted by Gasteiger charge is 2.20. The summed E-state index contributed by atoms with van der Waals surface area (Å²) in [6.07, 6.45) is 9.78. The fraction of sp³-hybridized carbons (Fsp3) is 0.227. The first kappa shape index (κ1) is 18.2. The zero-order chi connectivity index (χ0) is 20.3. The Hall–Kier alpha value is -3.83. The molecule has 4 aromatic rings. The highest BCUT2D eigenvalue weighted by atomic mass is 16.5. The molecule has 0 radical (unpaired) electrons. The molecule has 1 aliphatic rings. The van der Waals surface area contributed by atoms with Gasteiger partial charge in [0.05, 0.1) is 29.6 Å². The van der Waals surface area contributed by atoms with E-state index in [4.69, 9.17) is 16.3 Å². The molecule has 1 N–H and O–H groups in total. The molecule has 3 aromatic heterocycles. The maximum absolute atomic E-state index is 7.05. The Balaban J connectivity index is 1.61. The highest BCUT2D eigenvalue weighted by molar-refractivity contribution is 5.94. The molecule has 148 valence electrons. The average Bonchev–Trinajstić information content (AvgIpc) is 3.24. The second-order valence-electron chi connectivity index (χ2n) is 7.08. The topological polar surface area (TPSA) is 82.1 Å². The standard InChI is InChI=1S/C22H19N7O/c1-23-16-12-25-22(26-13-16)28-15-10-17(18-6-2-4-8-24-18)21-19(11-15)29(14-27-21)20-7-3-5-9-30-20/h2,4,6,8,10-14,20H,3,5,7,9H2,(H,25,26,28). The molecule has 8 nitrogen and oxygen atoms in total. The molecule has 4 heterocycles. The number of hydrogen-bond acceptors (Lipinski definition) is 6. The molecular weight excluding hydrogens is 378 g/mol. The van der Waals surface area contributed by atoms with Gasteiger partial charge in [0, 0.05) is 36.4 Å². The second kappa shape index (κ2) is 7.89. The van der Waals surface area contributed by atoms with Crippen LogP contribution < -0.4 is 5.32 Å². The van der Waals surface area contributed by atoms with E-state index in [-0.39, 0.29) is 6.23 Å². The maximum atomic E-state index is 7.05. The number of nitrogens with zero attached hydrogens (tertiary/aromatic N) is 6. The number of pyridine rings is 1. The smallest absolute Gasteiger partial charge is 0.224 e. The van der Waals surface area contributed by atoms with Gasteiger partial charge in [0.25, 0.3) is 0 Å². The van der Waals surface area contributed by atoms with Gasteiger partial charge < -0.3 is 14.6 Å². The molecule has 0 saturated carbocycles. The molecule has 0 amide bonds. The van der Waals surface area contributed by atoms with Crippen molar-refractivity contribution in [3.05, 3.63) is 66.7 Å². The van der Waals surface area contributed by atoms with Gasteiger partial charge in [-0.3, -0.25) is 4.98 Å². The first-order valence-corrected chi connectivity index (χ1v) is 9.82. The van der Waals surface area contributed by atoms with Gasteiger partial charge in [-0.15, -0.1) is 0 Å². The third-order valence-electron chi connectivity index (χ3n) is 5.11. The van der Waals surface area contributed by atoms with Crippen molar-refractivity contribution in [2.45, 2.75) is 25.5 Å². The zero-order valence-corrected chi connectivity index (χ0v) is 16.2. The van der Waals surface area contributed by atoms with Crippen molar-refractivity contribution < 1.29 is 4.74 Å². The van der Waals surface area contributed by atoms with Crippen LogP contribution in [0.3, 0.4) is 0 Å². The van der Waals surface area contributed by atoms with E-state index in [1.165, 1.54) is 12.4 Å². The van der Waals surface area contributed by atoms with Crippen LogP contribution in [0.1, 0.15) is 25.5 Å². The molecule has 1 fully saturated rings. The van der Waals surface area contributed by atoms with Crippen LogP contribution in [0.15, 0.2) is 55.2 Å². The Labute approximate surface area is 173 Å². The average molecular weight is 397 g/mol. The maximum Gasteiger partial charge on any atom is 0.224 e. The monoisotopic (exact) mass is 397 g/mol. The van der Waals surface area contributed by atoms with Crippen LogP contribution in [0.2, 0.25) is 0 Å². The van der Waals surface area contributed by atoms with Gasteiger partial charge in [-0.2, -0.15) is 0 Å². The third-order valence-corrected chi connectivity index (χ3v) is 5.11. The summed E-state index contributed by atoms with van der Waals surface area (Å²) in [6, 6.07) is 9.84. The summed E-state index contributed by atoms with van der Waals surface area (Å²) in [5.74, 6) is 0.425. The lowest BCUT2D eigenvalue weighted by Crippen LogP contribution is -2.17. The number of hydrogen-bond donors (Lipinski definition) is 1. The lowest BCUT2D eigenvalue weighted by Gasteiger charge is -2.24. The molecular formula is C22H19N7O. The zero-order valence-electron chi connectivity index (χ0n) is 16.2. The lowest BCUT2D eigenvalue weighted by atomic mass is 10.1. The molecule has 1 aliphatic heterocycles. The van der Waals surface area contributed by atoms with Gasteiger partial charge in [0.1, 0.15) is 6.23 Å². The van der Waals surface area contributed by atoms with E-state index in [1.807, 2.05) is 36.7 Å². The van der Waals surface area contributed by atoms with Gasteiger partial charge >= 0.3 is 0 Å². The quantitative estimate of drug-likeness (QED) is 0.494. The fourth-order valence-corrected chi connectivity index (χ4v) is 3.67. The van der Waals surface area contributed by atoms with Crippen LogP contribution in [0.5, 0.6) is 0 Å². The molecule has 30 heavy (non-hydrogen) atoms. The third kappa shape index (κ3) is 3.47. The van der Waals surface area contributed by atoms with Crippen LogP contribution in [0, 0.1) is 6.57 Å². The fourth-order valence-electron chi connectivity index (χ4n) is 3.67. The number of benzene rings is 1. The number of ether oxygens (including phenoxy) is 1. The van der Waals surface area contributed by atoms with Crippen LogP contribution >= 0.6 is 0 Å². The number of anilines is 2. The highest BCUT2D eigenvalue weighted by Crippen LogP contribution is 2.34. The van der Waals surface area contributed by atoms with E-state index < -0.39 is 0 Å². The summed E-state index contributed by atoms with van der Waals surface area (Å²) in [5, 5.41) is 3.24. The van der Waals surface area contributed by atoms with Crippen molar-refractivity contribution in [2.24, 2.45) is 0 Å². The van der Waals surface area contributed by atoms with Crippen LogP contribution in [-0.4, -0.2) is 31.1 Å². The summed E-state index contributed by atoms with van der Waals surface area (Å²) in [7, 11) is 0. The second-order valence-corrected chi connectivity index (χ2v) is 7.08. The van der Waals surface area contributed by atoms with E-state index in [1.54, 1.807) is 6.20 Å². The Morgan fingerprint density at radius 1 is 1.10 bits per heavy atom. The first-order valence-electron chi connectivity index (χ1n) is 9.82. The van der Waals surface area contributed by atoms with E-state index >= 15 is 0 Å². The predicted octanol–water partition coefficient (Wildman–Crippen LogP) is 4.88. The summed E-state index contributed by atoms with van der Waals surface area (Å²) in [6.45, 7) is 7.81. The number of rotatable bonds is 4. The minimum atomic E-state index is -0.0234. The number of fused-ring (bicyclic) bond motifs is 1. The van der Waals surface area contributed by atoms with Gasteiger partial charge in [0.2, 0.25) is 11.6 Å². The Morgan fingerprint density at radius 2 is 2.00 bits per heavy atom. The first-order chi connectivity index (χ1) is 14.8. The largest absolute Gasteiger partial charge is 0.358 e. The van der Waals surface area contributed by atoms with Crippen LogP contribution in [0.4, 0.5) is 17.3 Å². The molecule has 0 aliphatic carbocycles. The van der Waals surface area contributed by atoms with Gasteiger partial charge in [-0.05, 0) is 43.5 Å². The Kier molecular flexibility index (Phi) is 4.79. The Morgan fingerprint density at radius 3 is 2.73 bits per heavy atom. The number of aromatic nitrogens is 5. The van der Waals surface area contributed by atoms with E-state index in [9.17, 15) is 0 Å². The van der Waals surface area contributed by atoms with Crippen molar-refractivity contribution in [1.29, 1.82) is 0 Å². The number of nitrogens with one attached hydrogen (secondary N) is 1. The van der Waals surface area contributed by atoms with Gasteiger partial charge in [-0.1, -0.05) is 6.07 Å². The van der Waals surface area contributed by atoms with Crippen LogP contribution in [0.25, 0.3) is 27.1 Å². The summed E-state index contributed by atoms with van der Waals surface area (Å²) >= 11 is 0. The molecule has 5 rings (SSSR count). The van der Waals surface area contributed by atoms with Gasteiger partial charge in [-0.25, -0.2) is 19.8 Å². The van der Waals surface area contributed by atoms with E-state index in [0.29, 0.717) is 11.6 Å². The summed E-state index contributed by atoms with van der Waals surface area (Å²) < 4.78 is 8.09. The lowest BCUT2D eigenvalue weighted by molar-refractivity contribution is -0.0295. The minimum absolute atomic E-state index is 0.0234. The van der Waals surface area contributed by atoms with E-state index in [2.05, 4.69) is 29.7 Å². The molecule has 8 heteroatoms. The van der Waals surface area contributed by atoms with Crippen molar-refractivity contribution in [3.63, 3.8) is 0 Å². The molecule has 1 atom stereocenters. The summed E-state index contributed by atoms with van der Waals surface area (Å²) in [4.78, 5) is 21.0. The summed E-state index contributed by atoms with van der Waals surface area (Å²) in [5.41, 5.74) is 4.81. The van der Waals surface area contributed by atoms with Gasteiger partial charge in [0.15, 0.2) is 0 Å². The molecule has 0 bridgehead atoms. The predicted molar refractivity (Wildman–Crippen MR) is 113 cm³/mol. The molecule has 1 unspecified atom stereocenters.